The Hall–Kier alpha value is -1.39. The maximum atomic E-state index is 12.0. The zero-order valence-corrected chi connectivity index (χ0v) is 22.4. The third-order valence-electron chi connectivity index (χ3n) is 5.14. The first kappa shape index (κ1) is 28.6. The number of amides is 1. The van der Waals surface area contributed by atoms with Crippen molar-refractivity contribution in [1.82, 2.24) is 10.2 Å². The lowest BCUT2D eigenvalue weighted by Gasteiger charge is -2.34. The Kier molecular flexibility index (Phi) is 14.6. The van der Waals surface area contributed by atoms with Crippen LogP contribution in [-0.4, -0.2) is 62.8 Å². The molecule has 0 unspecified atom stereocenters. The van der Waals surface area contributed by atoms with Crippen molar-refractivity contribution in [1.29, 1.82) is 0 Å². The second kappa shape index (κ2) is 16.3. The van der Waals surface area contributed by atoms with Gasteiger partial charge in [0.05, 0.1) is 12.6 Å². The average molecular weight is 561 g/mol. The Balaban J connectivity index is 0.00000512. The van der Waals surface area contributed by atoms with E-state index >= 15 is 0 Å². The van der Waals surface area contributed by atoms with Crippen molar-refractivity contribution in [3.8, 4) is 0 Å². The predicted octanol–water partition coefficient (Wildman–Crippen LogP) is 4.27. The summed E-state index contributed by atoms with van der Waals surface area (Å²) in [5.41, 5.74) is 1.91. The minimum atomic E-state index is 0. The van der Waals surface area contributed by atoms with E-state index in [1.54, 1.807) is 7.11 Å². The van der Waals surface area contributed by atoms with Crippen molar-refractivity contribution in [2.75, 3.05) is 45.3 Å². The average Bonchev–Trinajstić information content (AvgIpc) is 2.74. The van der Waals surface area contributed by atoms with Crippen LogP contribution < -0.4 is 10.6 Å². The maximum absolute atomic E-state index is 12.0. The van der Waals surface area contributed by atoms with Crippen LogP contribution in [-0.2, 0) is 20.8 Å². The van der Waals surface area contributed by atoms with Crippen LogP contribution in [0.3, 0.4) is 0 Å². The molecule has 1 saturated heterocycles. The summed E-state index contributed by atoms with van der Waals surface area (Å²) in [6.07, 6.45) is 3.81. The first-order chi connectivity index (χ1) is 15.0. The van der Waals surface area contributed by atoms with Crippen molar-refractivity contribution in [3.63, 3.8) is 0 Å². The number of anilines is 1. The zero-order chi connectivity index (χ0) is 22.5. The second-order valence-electron chi connectivity index (χ2n) is 8.42. The Labute approximate surface area is 210 Å². The number of aliphatic imine (C=N–C) groups is 1. The fourth-order valence-electron chi connectivity index (χ4n) is 3.61. The molecular formula is C24H41IN4O3. The van der Waals surface area contributed by atoms with E-state index in [0.717, 1.165) is 69.3 Å². The van der Waals surface area contributed by atoms with Crippen LogP contribution in [0.2, 0.25) is 0 Å². The summed E-state index contributed by atoms with van der Waals surface area (Å²) in [6.45, 7) is 11.0. The Bertz CT molecular complexity index is 692. The fourth-order valence-corrected chi connectivity index (χ4v) is 3.61. The predicted molar refractivity (Wildman–Crippen MR) is 142 cm³/mol. The molecule has 0 radical (unpaired) electrons. The molecule has 1 amide bonds. The Morgan fingerprint density at radius 2 is 2.00 bits per heavy atom. The van der Waals surface area contributed by atoms with Crippen LogP contribution in [0.5, 0.6) is 0 Å². The summed E-state index contributed by atoms with van der Waals surface area (Å²) in [5, 5.41) is 6.40. The Morgan fingerprint density at radius 1 is 1.25 bits per heavy atom. The van der Waals surface area contributed by atoms with E-state index in [4.69, 9.17) is 14.5 Å². The number of guanidine groups is 1. The van der Waals surface area contributed by atoms with Crippen molar-refractivity contribution < 1.29 is 14.3 Å². The van der Waals surface area contributed by atoms with Gasteiger partial charge in [-0.1, -0.05) is 26.0 Å². The summed E-state index contributed by atoms with van der Waals surface area (Å²) in [4.78, 5) is 19.2. The number of piperidine rings is 1. The third-order valence-corrected chi connectivity index (χ3v) is 5.14. The molecule has 0 atom stereocenters. The van der Waals surface area contributed by atoms with E-state index in [9.17, 15) is 4.79 Å². The van der Waals surface area contributed by atoms with Gasteiger partial charge in [0.25, 0.3) is 0 Å². The summed E-state index contributed by atoms with van der Waals surface area (Å²) >= 11 is 0. The van der Waals surface area contributed by atoms with Crippen molar-refractivity contribution in [2.24, 2.45) is 10.9 Å². The molecule has 1 aliphatic heterocycles. The molecule has 1 aromatic carbocycles. The molecule has 8 heteroatoms. The zero-order valence-electron chi connectivity index (χ0n) is 20.1. The molecule has 0 saturated carbocycles. The second-order valence-corrected chi connectivity index (χ2v) is 8.42. The van der Waals surface area contributed by atoms with Gasteiger partial charge in [-0.3, -0.25) is 4.79 Å². The lowest BCUT2D eigenvalue weighted by molar-refractivity contribution is -0.116. The number of nitrogens with one attached hydrogen (secondary N) is 2. The number of benzene rings is 1. The van der Waals surface area contributed by atoms with E-state index in [2.05, 4.69) is 22.5 Å². The first-order valence-electron chi connectivity index (χ1n) is 11.5. The molecule has 2 N–H and O–H groups in total. The van der Waals surface area contributed by atoms with Crippen molar-refractivity contribution in [3.05, 3.63) is 29.8 Å². The van der Waals surface area contributed by atoms with Crippen LogP contribution in [0.4, 0.5) is 5.69 Å². The molecule has 0 aliphatic carbocycles. The molecule has 1 aliphatic rings. The van der Waals surface area contributed by atoms with E-state index in [0.29, 0.717) is 25.0 Å². The molecule has 0 spiro atoms. The number of hydrogen-bond acceptors (Lipinski definition) is 4. The summed E-state index contributed by atoms with van der Waals surface area (Å²) in [7, 11) is 1.72. The molecule has 1 aromatic rings. The summed E-state index contributed by atoms with van der Waals surface area (Å²) in [6, 6.07) is 7.94. The Morgan fingerprint density at radius 3 is 2.66 bits per heavy atom. The van der Waals surface area contributed by atoms with Crippen LogP contribution in [0, 0.1) is 5.92 Å². The van der Waals surface area contributed by atoms with E-state index in [1.165, 1.54) is 0 Å². The molecule has 32 heavy (non-hydrogen) atoms. The van der Waals surface area contributed by atoms with Gasteiger partial charge in [0, 0.05) is 52.1 Å². The molecule has 1 heterocycles. The van der Waals surface area contributed by atoms with Crippen LogP contribution in [0.1, 0.15) is 52.0 Å². The number of hydrogen-bond donors (Lipinski definition) is 2. The number of methoxy groups -OCH3 is 1. The maximum Gasteiger partial charge on any atom is 0.224 e. The van der Waals surface area contributed by atoms with E-state index in [-0.39, 0.29) is 29.9 Å². The van der Waals surface area contributed by atoms with Crippen LogP contribution in [0.25, 0.3) is 0 Å². The third kappa shape index (κ3) is 11.0. The van der Waals surface area contributed by atoms with Gasteiger partial charge in [0.15, 0.2) is 5.96 Å². The minimum absolute atomic E-state index is 0. The van der Waals surface area contributed by atoms with Gasteiger partial charge < -0.3 is 25.0 Å². The number of nitrogens with zero attached hydrogens (tertiary/aromatic N) is 2. The number of rotatable bonds is 11. The summed E-state index contributed by atoms with van der Waals surface area (Å²) in [5.74, 6) is 1.33. The molecule has 182 valence electrons. The minimum Gasteiger partial charge on any atom is -0.385 e. The van der Waals surface area contributed by atoms with Gasteiger partial charge >= 0.3 is 0 Å². The van der Waals surface area contributed by atoms with E-state index < -0.39 is 0 Å². The highest BCUT2D eigenvalue weighted by atomic mass is 127. The number of likely N-dealkylation sites (tertiary alicyclic amines) is 1. The summed E-state index contributed by atoms with van der Waals surface area (Å²) < 4.78 is 11.0. The number of carbonyl (C=O) groups excluding carboxylic acids is 1. The quantitative estimate of drug-likeness (QED) is 0.183. The van der Waals surface area contributed by atoms with Crippen LogP contribution >= 0.6 is 24.0 Å². The molecular weight excluding hydrogens is 519 g/mol. The van der Waals surface area contributed by atoms with Gasteiger partial charge in [0.2, 0.25) is 5.91 Å². The van der Waals surface area contributed by atoms with Gasteiger partial charge in [-0.2, -0.15) is 0 Å². The standard InChI is InChI=1S/C24H40N4O3.HI/c1-5-25-24(28-12-10-22(11-13-28)31-15-7-14-30-4)26-18-20-8-6-9-21(17-20)27-23(29)16-19(2)3;/h6,8-9,17,19,22H,5,7,10-16,18H2,1-4H3,(H,25,26)(H,27,29);1H. The molecule has 7 nitrogen and oxygen atoms in total. The molecule has 1 fully saturated rings. The fraction of sp³-hybridized carbons (Fsp3) is 0.667. The van der Waals surface area contributed by atoms with Gasteiger partial charge in [0.1, 0.15) is 0 Å². The lowest BCUT2D eigenvalue weighted by atomic mass is 10.1. The molecule has 0 aromatic heterocycles. The topological polar surface area (TPSA) is 75.2 Å². The largest absolute Gasteiger partial charge is 0.385 e. The van der Waals surface area contributed by atoms with Crippen molar-refractivity contribution >= 4 is 41.5 Å². The highest BCUT2D eigenvalue weighted by Gasteiger charge is 2.21. The van der Waals surface area contributed by atoms with Gasteiger partial charge in [-0.15, -0.1) is 24.0 Å². The normalized spacial score (nSPS) is 14.9. The highest BCUT2D eigenvalue weighted by molar-refractivity contribution is 14.0. The SMILES string of the molecule is CCNC(=NCc1cccc(NC(=O)CC(C)C)c1)N1CCC(OCCCOC)CC1.I. The van der Waals surface area contributed by atoms with Crippen molar-refractivity contribution in [2.45, 2.75) is 59.1 Å². The highest BCUT2D eigenvalue weighted by Crippen LogP contribution is 2.16. The smallest absolute Gasteiger partial charge is 0.224 e. The lowest BCUT2D eigenvalue weighted by Crippen LogP contribution is -2.47. The molecule has 0 bridgehead atoms. The monoisotopic (exact) mass is 560 g/mol. The number of carbonyl (C=O) groups is 1. The van der Waals surface area contributed by atoms with E-state index in [1.807, 2.05) is 38.1 Å². The van der Waals surface area contributed by atoms with Gasteiger partial charge in [-0.25, -0.2) is 4.99 Å². The van der Waals surface area contributed by atoms with Crippen LogP contribution in [0.15, 0.2) is 29.3 Å². The number of ether oxygens (including phenoxy) is 2. The number of halogens is 1. The molecule has 2 rings (SSSR count). The van der Waals surface area contributed by atoms with Gasteiger partial charge in [-0.05, 0) is 49.8 Å². The first-order valence-corrected chi connectivity index (χ1v) is 11.5.